The molecule has 1 aromatic heterocycles. The fourth-order valence-corrected chi connectivity index (χ4v) is 5.18. The van der Waals surface area contributed by atoms with E-state index in [9.17, 15) is 9.18 Å². The lowest BCUT2D eigenvalue weighted by molar-refractivity contribution is -0.136. The second-order valence-corrected chi connectivity index (χ2v) is 8.92. The van der Waals surface area contributed by atoms with Crippen molar-refractivity contribution in [3.8, 4) is 0 Å². The number of aromatic nitrogens is 1. The fourth-order valence-electron chi connectivity index (χ4n) is 4.09. The van der Waals surface area contributed by atoms with Gasteiger partial charge in [-0.25, -0.2) is 9.37 Å². The number of fused-ring (bicyclic) bond motifs is 1. The van der Waals surface area contributed by atoms with Crippen LogP contribution < -0.4 is 0 Å². The summed E-state index contributed by atoms with van der Waals surface area (Å²) in [6, 6.07) is 14.5. The third kappa shape index (κ3) is 4.49. The van der Waals surface area contributed by atoms with E-state index in [0.717, 1.165) is 37.0 Å². The summed E-state index contributed by atoms with van der Waals surface area (Å²) in [7, 11) is 1.79. The molecule has 1 amide bonds. The second kappa shape index (κ2) is 8.59. The van der Waals surface area contributed by atoms with E-state index in [1.807, 2.05) is 25.1 Å². The molecule has 1 saturated heterocycles. The molecule has 4 nitrogen and oxygen atoms in total. The lowest BCUT2D eigenvalue weighted by Crippen LogP contribution is -2.48. The Morgan fingerprint density at radius 2 is 2.14 bits per heavy atom. The average molecular weight is 412 g/mol. The topological polar surface area (TPSA) is 36.4 Å². The zero-order valence-electron chi connectivity index (χ0n) is 16.8. The first-order chi connectivity index (χ1) is 14.0. The number of hydrogen-bond donors (Lipinski definition) is 0. The molecule has 0 unspecified atom stereocenters. The van der Waals surface area contributed by atoms with Crippen molar-refractivity contribution >= 4 is 27.5 Å². The predicted molar refractivity (Wildman–Crippen MR) is 116 cm³/mol. The number of likely N-dealkylation sites (tertiary alicyclic amines) is 1. The quantitative estimate of drug-likeness (QED) is 0.613. The highest BCUT2D eigenvalue weighted by atomic mass is 32.1. The SMILES string of the molecule is C[C@@H](C(=O)N(C)Cc1cccc(F)c1)N1CCC[C@H](c2nc3ccccc3s2)C1. The highest BCUT2D eigenvalue weighted by molar-refractivity contribution is 7.18. The number of halogens is 1. The Morgan fingerprint density at radius 3 is 2.93 bits per heavy atom. The van der Waals surface area contributed by atoms with Crippen molar-refractivity contribution in [2.75, 3.05) is 20.1 Å². The fraction of sp³-hybridized carbons (Fsp3) is 0.391. The van der Waals surface area contributed by atoms with Gasteiger partial charge in [0.25, 0.3) is 0 Å². The largest absolute Gasteiger partial charge is 0.340 e. The molecule has 1 aliphatic heterocycles. The molecule has 152 valence electrons. The van der Waals surface area contributed by atoms with Crippen LogP contribution >= 0.6 is 11.3 Å². The molecule has 0 N–H and O–H groups in total. The Labute approximate surface area is 175 Å². The summed E-state index contributed by atoms with van der Waals surface area (Å²) in [5.41, 5.74) is 1.86. The minimum absolute atomic E-state index is 0.0687. The molecule has 0 saturated carbocycles. The molecule has 6 heteroatoms. The molecular weight excluding hydrogens is 385 g/mol. The Morgan fingerprint density at radius 1 is 1.31 bits per heavy atom. The third-order valence-electron chi connectivity index (χ3n) is 5.70. The molecule has 1 aliphatic rings. The first kappa shape index (κ1) is 20.0. The lowest BCUT2D eigenvalue weighted by Gasteiger charge is -2.36. The number of nitrogens with zero attached hydrogens (tertiary/aromatic N) is 3. The van der Waals surface area contributed by atoms with E-state index < -0.39 is 0 Å². The van der Waals surface area contributed by atoms with Crippen LogP contribution in [-0.2, 0) is 11.3 Å². The number of carbonyl (C=O) groups is 1. The van der Waals surface area contributed by atoms with Gasteiger partial charge in [-0.3, -0.25) is 9.69 Å². The van der Waals surface area contributed by atoms with Gasteiger partial charge >= 0.3 is 0 Å². The molecule has 3 aromatic rings. The highest BCUT2D eigenvalue weighted by Crippen LogP contribution is 2.33. The summed E-state index contributed by atoms with van der Waals surface area (Å²) in [4.78, 5) is 21.8. The molecule has 0 bridgehead atoms. The van der Waals surface area contributed by atoms with Crippen molar-refractivity contribution < 1.29 is 9.18 Å². The predicted octanol–water partition coefficient (Wildman–Crippen LogP) is 4.66. The molecule has 2 heterocycles. The van der Waals surface area contributed by atoms with E-state index in [-0.39, 0.29) is 17.8 Å². The maximum atomic E-state index is 13.4. The number of benzene rings is 2. The third-order valence-corrected chi connectivity index (χ3v) is 6.90. The summed E-state index contributed by atoms with van der Waals surface area (Å²) in [5.74, 6) is 0.162. The number of para-hydroxylation sites is 1. The number of thiazole rings is 1. The minimum Gasteiger partial charge on any atom is -0.340 e. The van der Waals surface area contributed by atoms with Gasteiger partial charge in [0.05, 0.1) is 21.3 Å². The number of likely N-dealkylation sites (N-methyl/N-ethyl adjacent to an activating group) is 1. The Balaban J connectivity index is 1.42. The maximum absolute atomic E-state index is 13.4. The van der Waals surface area contributed by atoms with Crippen LogP contribution in [0.3, 0.4) is 0 Å². The first-order valence-corrected chi connectivity index (χ1v) is 10.9. The van der Waals surface area contributed by atoms with Gasteiger partial charge < -0.3 is 4.90 Å². The standard InChI is InChI=1S/C23H26FN3OS/c1-16(23(28)26(2)14-17-7-5-9-19(24)13-17)27-12-6-8-18(15-27)22-25-20-10-3-4-11-21(20)29-22/h3-5,7,9-11,13,16,18H,6,8,12,14-15H2,1-2H3/t16-,18-/m0/s1. The maximum Gasteiger partial charge on any atom is 0.239 e. The molecular formula is C23H26FN3OS. The van der Waals surface area contributed by atoms with Gasteiger partial charge in [-0.2, -0.15) is 0 Å². The summed E-state index contributed by atoms with van der Waals surface area (Å²) in [6.45, 7) is 4.16. The van der Waals surface area contributed by atoms with E-state index in [1.165, 1.54) is 21.8 Å². The smallest absolute Gasteiger partial charge is 0.239 e. The monoisotopic (exact) mass is 411 g/mol. The minimum atomic E-state index is -0.272. The van der Waals surface area contributed by atoms with Gasteiger partial charge in [-0.05, 0) is 56.1 Å². The number of hydrogen-bond acceptors (Lipinski definition) is 4. The van der Waals surface area contributed by atoms with Crippen molar-refractivity contribution in [1.29, 1.82) is 0 Å². The van der Waals surface area contributed by atoms with Crippen LogP contribution in [0.5, 0.6) is 0 Å². The van der Waals surface area contributed by atoms with Crippen molar-refractivity contribution in [3.05, 3.63) is 64.9 Å². The molecule has 29 heavy (non-hydrogen) atoms. The van der Waals surface area contributed by atoms with Gasteiger partial charge in [0.15, 0.2) is 0 Å². The Hall–Kier alpha value is -2.31. The van der Waals surface area contributed by atoms with E-state index >= 15 is 0 Å². The number of carbonyl (C=O) groups excluding carboxylic acids is 1. The van der Waals surface area contributed by atoms with Crippen LogP contribution in [0.4, 0.5) is 4.39 Å². The summed E-state index contributed by atoms with van der Waals surface area (Å²) < 4.78 is 14.7. The van der Waals surface area contributed by atoms with Gasteiger partial charge in [0, 0.05) is 26.1 Å². The van der Waals surface area contributed by atoms with Crippen LogP contribution in [0.1, 0.15) is 36.3 Å². The van der Waals surface area contributed by atoms with E-state index in [0.29, 0.717) is 12.5 Å². The van der Waals surface area contributed by atoms with E-state index in [1.54, 1.807) is 29.4 Å². The zero-order valence-corrected chi connectivity index (χ0v) is 17.7. The molecule has 4 rings (SSSR count). The zero-order chi connectivity index (χ0) is 20.4. The Kier molecular flexibility index (Phi) is 5.92. The van der Waals surface area contributed by atoms with Gasteiger partial charge in [-0.1, -0.05) is 24.3 Å². The normalized spacial score (nSPS) is 18.7. The molecule has 0 spiro atoms. The average Bonchev–Trinajstić information content (AvgIpc) is 3.17. The van der Waals surface area contributed by atoms with Crippen molar-refractivity contribution in [2.45, 2.75) is 38.3 Å². The highest BCUT2D eigenvalue weighted by Gasteiger charge is 2.31. The van der Waals surface area contributed by atoms with Crippen LogP contribution in [0.2, 0.25) is 0 Å². The molecule has 0 radical (unpaired) electrons. The number of rotatable bonds is 5. The number of piperidine rings is 1. The van der Waals surface area contributed by atoms with E-state index in [4.69, 9.17) is 4.98 Å². The van der Waals surface area contributed by atoms with Gasteiger partial charge in [0.2, 0.25) is 5.91 Å². The van der Waals surface area contributed by atoms with Gasteiger partial charge in [0.1, 0.15) is 5.82 Å². The van der Waals surface area contributed by atoms with Crippen molar-refractivity contribution in [1.82, 2.24) is 14.8 Å². The van der Waals surface area contributed by atoms with Crippen LogP contribution in [0.15, 0.2) is 48.5 Å². The summed E-state index contributed by atoms with van der Waals surface area (Å²) in [5, 5.41) is 1.17. The molecule has 2 aromatic carbocycles. The van der Waals surface area contributed by atoms with E-state index in [2.05, 4.69) is 17.0 Å². The molecule has 0 aliphatic carbocycles. The van der Waals surface area contributed by atoms with Crippen molar-refractivity contribution in [2.24, 2.45) is 0 Å². The van der Waals surface area contributed by atoms with Crippen LogP contribution in [-0.4, -0.2) is 46.9 Å². The molecule has 2 atom stereocenters. The van der Waals surface area contributed by atoms with Crippen LogP contribution in [0, 0.1) is 5.82 Å². The van der Waals surface area contributed by atoms with Gasteiger partial charge in [-0.15, -0.1) is 11.3 Å². The first-order valence-electron chi connectivity index (χ1n) is 10.1. The summed E-state index contributed by atoms with van der Waals surface area (Å²) in [6.07, 6.45) is 2.17. The molecule has 1 fully saturated rings. The lowest BCUT2D eigenvalue weighted by atomic mass is 9.97. The van der Waals surface area contributed by atoms with Crippen LogP contribution in [0.25, 0.3) is 10.2 Å². The number of amides is 1. The Bertz CT molecular complexity index is 971. The van der Waals surface area contributed by atoms with Crippen molar-refractivity contribution in [3.63, 3.8) is 0 Å². The summed E-state index contributed by atoms with van der Waals surface area (Å²) >= 11 is 1.77. The second-order valence-electron chi connectivity index (χ2n) is 7.85.